The topological polar surface area (TPSA) is 149 Å². The van der Waals surface area contributed by atoms with Crippen LogP contribution in [0.4, 0.5) is 0 Å². The summed E-state index contributed by atoms with van der Waals surface area (Å²) in [6, 6.07) is 0. The zero-order valence-electron chi connectivity index (χ0n) is 15.1. The fourth-order valence-corrected chi connectivity index (χ4v) is 1.05. The van der Waals surface area contributed by atoms with Crippen molar-refractivity contribution in [3.8, 4) is 0 Å². The monoisotopic (exact) mass is 352 g/mol. The molecular weight excluding hydrogens is 320 g/mol. The van der Waals surface area contributed by atoms with E-state index in [2.05, 4.69) is 13.8 Å². The van der Waals surface area contributed by atoms with E-state index in [0.29, 0.717) is 12.8 Å². The van der Waals surface area contributed by atoms with Crippen molar-refractivity contribution >= 4 is 23.9 Å². The van der Waals surface area contributed by atoms with E-state index >= 15 is 0 Å². The molecule has 144 valence electrons. The Kier molecular flexibility index (Phi) is 32.1. The molecule has 0 rings (SSSR count). The average molecular weight is 352 g/mol. The summed E-state index contributed by atoms with van der Waals surface area (Å²) in [5.41, 5.74) is 0. The van der Waals surface area contributed by atoms with Crippen LogP contribution in [0, 0.1) is 0 Å². The molecule has 0 unspecified atom stereocenters. The van der Waals surface area contributed by atoms with Crippen LogP contribution in [-0.2, 0) is 19.2 Å². The molecule has 0 amide bonds. The summed E-state index contributed by atoms with van der Waals surface area (Å²) in [6.07, 6.45) is 6.55. The van der Waals surface area contributed by atoms with Crippen LogP contribution in [0.1, 0.15) is 79.1 Å². The van der Waals surface area contributed by atoms with Crippen LogP contribution in [0.5, 0.6) is 0 Å². The largest absolute Gasteiger partial charge is 0.481 e. The molecule has 0 bridgehead atoms. The average Bonchev–Trinajstić information content (AvgIpc) is 2.38. The number of carboxylic acid groups (broad SMARTS) is 4. The molecule has 0 fully saturated rings. The van der Waals surface area contributed by atoms with E-state index in [1.807, 2.05) is 0 Å². The Bertz CT molecular complexity index is 286. The SMILES string of the molecule is CC(=O)O.CC(=O)O.CCCCCC(=O)O.CCCCCC(=O)O. The molecule has 24 heavy (non-hydrogen) atoms. The van der Waals surface area contributed by atoms with Crippen molar-refractivity contribution < 1.29 is 39.6 Å². The van der Waals surface area contributed by atoms with Gasteiger partial charge in [-0.05, 0) is 12.8 Å². The van der Waals surface area contributed by atoms with Crippen LogP contribution in [-0.4, -0.2) is 44.3 Å². The highest BCUT2D eigenvalue weighted by molar-refractivity contribution is 5.66. The molecule has 0 radical (unpaired) electrons. The lowest BCUT2D eigenvalue weighted by atomic mass is 10.2. The predicted octanol–water partition coefficient (Wildman–Crippen LogP) is 3.48. The first kappa shape index (κ1) is 29.8. The molecule has 4 N–H and O–H groups in total. The van der Waals surface area contributed by atoms with Gasteiger partial charge >= 0.3 is 11.9 Å². The Labute approximate surface area is 143 Å². The number of hydrogen-bond acceptors (Lipinski definition) is 4. The van der Waals surface area contributed by atoms with E-state index in [-0.39, 0.29) is 0 Å². The zero-order chi connectivity index (χ0) is 20.0. The fourth-order valence-electron chi connectivity index (χ4n) is 1.05. The summed E-state index contributed by atoms with van der Waals surface area (Å²) in [5, 5.41) is 31.1. The maximum atomic E-state index is 9.87. The Morgan fingerprint density at radius 2 is 0.792 bits per heavy atom. The quantitative estimate of drug-likeness (QED) is 0.485. The van der Waals surface area contributed by atoms with Gasteiger partial charge in [-0.25, -0.2) is 0 Å². The van der Waals surface area contributed by atoms with Crippen molar-refractivity contribution in [1.29, 1.82) is 0 Å². The van der Waals surface area contributed by atoms with Gasteiger partial charge in [-0.15, -0.1) is 0 Å². The van der Waals surface area contributed by atoms with Gasteiger partial charge in [0.25, 0.3) is 11.9 Å². The lowest BCUT2D eigenvalue weighted by Crippen LogP contribution is -1.92. The first-order valence-electron chi connectivity index (χ1n) is 7.83. The summed E-state index contributed by atoms with van der Waals surface area (Å²) in [7, 11) is 0. The minimum atomic E-state index is -0.833. The predicted molar refractivity (Wildman–Crippen MR) is 90.2 cm³/mol. The van der Waals surface area contributed by atoms with Gasteiger partial charge in [0.2, 0.25) is 0 Å². The molecule has 0 saturated carbocycles. The first-order chi connectivity index (χ1) is 11.0. The summed E-state index contributed by atoms with van der Waals surface area (Å²) in [5.74, 6) is -3.03. The third-order valence-corrected chi connectivity index (χ3v) is 1.99. The van der Waals surface area contributed by atoms with Gasteiger partial charge in [0.15, 0.2) is 0 Å². The van der Waals surface area contributed by atoms with Gasteiger partial charge in [-0.2, -0.15) is 0 Å². The van der Waals surface area contributed by atoms with Gasteiger partial charge in [0.1, 0.15) is 0 Å². The molecule has 0 heterocycles. The molecule has 0 saturated heterocycles. The smallest absolute Gasteiger partial charge is 0.303 e. The Balaban J connectivity index is -0.000000117. The van der Waals surface area contributed by atoms with Crippen molar-refractivity contribution in [3.63, 3.8) is 0 Å². The second-order valence-electron chi connectivity index (χ2n) is 4.74. The number of aliphatic carboxylic acids is 4. The Hall–Kier alpha value is -2.12. The molecule has 0 spiro atoms. The highest BCUT2D eigenvalue weighted by atomic mass is 16.4. The van der Waals surface area contributed by atoms with E-state index in [1.165, 1.54) is 0 Å². The third-order valence-electron chi connectivity index (χ3n) is 1.99. The van der Waals surface area contributed by atoms with E-state index in [1.54, 1.807) is 0 Å². The fraction of sp³-hybridized carbons (Fsp3) is 0.750. The number of carboxylic acids is 4. The van der Waals surface area contributed by atoms with Crippen LogP contribution < -0.4 is 0 Å². The summed E-state index contributed by atoms with van der Waals surface area (Å²) < 4.78 is 0. The van der Waals surface area contributed by atoms with Crippen molar-refractivity contribution in [2.24, 2.45) is 0 Å². The zero-order valence-corrected chi connectivity index (χ0v) is 15.1. The Morgan fingerprint density at radius 1 is 0.583 bits per heavy atom. The molecule has 0 aliphatic carbocycles. The minimum Gasteiger partial charge on any atom is -0.481 e. The molecule has 0 aromatic carbocycles. The third kappa shape index (κ3) is 114. The number of unbranched alkanes of at least 4 members (excludes halogenated alkanes) is 4. The molecule has 0 atom stereocenters. The van der Waals surface area contributed by atoms with Gasteiger partial charge in [-0.3, -0.25) is 19.2 Å². The van der Waals surface area contributed by atoms with E-state index in [9.17, 15) is 9.59 Å². The summed E-state index contributed by atoms with van der Waals surface area (Å²) in [6.45, 7) is 6.28. The Morgan fingerprint density at radius 3 is 0.917 bits per heavy atom. The van der Waals surface area contributed by atoms with Crippen LogP contribution in [0.3, 0.4) is 0 Å². The van der Waals surface area contributed by atoms with E-state index in [4.69, 9.17) is 30.0 Å². The van der Waals surface area contributed by atoms with Crippen LogP contribution >= 0.6 is 0 Å². The van der Waals surface area contributed by atoms with Crippen LogP contribution in [0.25, 0.3) is 0 Å². The van der Waals surface area contributed by atoms with Crippen molar-refractivity contribution in [2.75, 3.05) is 0 Å². The van der Waals surface area contributed by atoms with E-state index in [0.717, 1.165) is 52.4 Å². The molecule has 0 aromatic rings. The van der Waals surface area contributed by atoms with Crippen molar-refractivity contribution in [3.05, 3.63) is 0 Å². The molecule has 0 aliphatic rings. The summed E-state index contributed by atoms with van der Waals surface area (Å²) >= 11 is 0. The lowest BCUT2D eigenvalue weighted by Gasteiger charge is -1.89. The normalized spacial score (nSPS) is 8.17. The minimum absolute atomic E-state index is 0.327. The highest BCUT2D eigenvalue weighted by Gasteiger charge is 1.93. The van der Waals surface area contributed by atoms with Crippen molar-refractivity contribution in [2.45, 2.75) is 79.1 Å². The lowest BCUT2D eigenvalue weighted by molar-refractivity contribution is -0.138. The van der Waals surface area contributed by atoms with E-state index < -0.39 is 23.9 Å². The maximum Gasteiger partial charge on any atom is 0.303 e. The number of hydrogen-bond donors (Lipinski definition) is 4. The van der Waals surface area contributed by atoms with Gasteiger partial charge in [0, 0.05) is 26.7 Å². The maximum absolute atomic E-state index is 9.87. The van der Waals surface area contributed by atoms with Gasteiger partial charge in [-0.1, -0.05) is 39.5 Å². The number of rotatable bonds is 8. The van der Waals surface area contributed by atoms with Crippen molar-refractivity contribution in [1.82, 2.24) is 0 Å². The summed E-state index contributed by atoms with van der Waals surface area (Å²) in [4.78, 5) is 37.7. The molecule has 0 aliphatic heterocycles. The molecule has 8 nitrogen and oxygen atoms in total. The molecule has 8 heteroatoms. The number of carbonyl (C=O) groups is 4. The van der Waals surface area contributed by atoms with Gasteiger partial charge in [0.05, 0.1) is 0 Å². The molecule has 0 aromatic heterocycles. The highest BCUT2D eigenvalue weighted by Crippen LogP contribution is 1.97. The van der Waals surface area contributed by atoms with Crippen LogP contribution in [0.15, 0.2) is 0 Å². The standard InChI is InChI=1S/2C6H12O2.2C2H4O2/c2*1-2-3-4-5-6(7)8;2*1-2(3)4/h2*2-5H2,1H3,(H,7,8);2*1H3,(H,3,4). The van der Waals surface area contributed by atoms with Gasteiger partial charge < -0.3 is 20.4 Å². The molecular formula is C16H32O8. The second-order valence-corrected chi connectivity index (χ2v) is 4.74. The van der Waals surface area contributed by atoms with Crippen LogP contribution in [0.2, 0.25) is 0 Å². The first-order valence-corrected chi connectivity index (χ1v) is 7.83. The second kappa shape index (κ2) is 25.8.